The number of rotatable bonds is 3. The first-order valence-corrected chi connectivity index (χ1v) is 4.79. The van der Waals surface area contributed by atoms with Gasteiger partial charge in [0.05, 0.1) is 0 Å². The Bertz CT molecular complexity index is 337. The molecule has 0 saturated heterocycles. The number of carbonyl (C=O) groups is 1. The van der Waals surface area contributed by atoms with Crippen molar-refractivity contribution in [1.82, 2.24) is 0 Å². The first-order chi connectivity index (χ1) is 6.90. The van der Waals surface area contributed by atoms with Crippen molar-refractivity contribution in [3.8, 4) is 0 Å². The van der Waals surface area contributed by atoms with Crippen molar-refractivity contribution < 1.29 is 22.7 Å². The van der Waals surface area contributed by atoms with Crippen LogP contribution < -0.4 is 0 Å². The van der Waals surface area contributed by atoms with Gasteiger partial charge in [0.2, 0.25) is 5.78 Å². The fraction of sp³-hybridized carbons (Fsp3) is 0.222. The summed E-state index contributed by atoms with van der Waals surface area (Å²) in [6.07, 6.45) is -4.83. The van der Waals surface area contributed by atoms with Crippen LogP contribution in [0.25, 0.3) is 0 Å². The Morgan fingerprint density at radius 2 is 1.80 bits per heavy atom. The van der Waals surface area contributed by atoms with Crippen molar-refractivity contribution in [2.24, 2.45) is 0 Å². The van der Waals surface area contributed by atoms with Crippen LogP contribution in [-0.4, -0.2) is 17.2 Å². The van der Waals surface area contributed by atoms with E-state index in [0.717, 1.165) is 0 Å². The first-order valence-electron chi connectivity index (χ1n) is 3.88. The van der Waals surface area contributed by atoms with E-state index in [9.17, 15) is 18.0 Å². The van der Waals surface area contributed by atoms with E-state index in [1.165, 1.54) is 12.1 Å². The largest absolute Gasteiger partial charge is 0.524 e. The van der Waals surface area contributed by atoms with Crippen LogP contribution in [0.4, 0.5) is 13.2 Å². The molecule has 1 aromatic rings. The summed E-state index contributed by atoms with van der Waals surface area (Å²) in [4.78, 5) is 11.4. The highest BCUT2D eigenvalue weighted by molar-refractivity contribution is 9.09. The maximum atomic E-state index is 11.8. The van der Waals surface area contributed by atoms with E-state index < -0.39 is 17.2 Å². The first kappa shape index (κ1) is 12.2. The summed E-state index contributed by atoms with van der Waals surface area (Å²) < 4.78 is 38.9. The van der Waals surface area contributed by atoms with E-state index in [1.807, 2.05) is 0 Å². The molecule has 0 fully saturated rings. The van der Waals surface area contributed by atoms with Gasteiger partial charge in [-0.1, -0.05) is 30.3 Å². The zero-order valence-electron chi connectivity index (χ0n) is 7.29. The molecule has 0 aliphatic heterocycles. The summed E-state index contributed by atoms with van der Waals surface area (Å²) in [5.41, 5.74) is 0.156. The highest BCUT2D eigenvalue weighted by atomic mass is 79.9. The molecular weight excluding hydrogens is 277 g/mol. The van der Waals surface area contributed by atoms with Crippen LogP contribution in [0.5, 0.6) is 0 Å². The Morgan fingerprint density at radius 3 is 2.27 bits per heavy atom. The summed E-state index contributed by atoms with van der Waals surface area (Å²) in [6, 6.07) is 7.60. The summed E-state index contributed by atoms with van der Waals surface area (Å²) in [6.45, 7) is 0. The van der Waals surface area contributed by atoms with Gasteiger partial charge < -0.3 is 0 Å². The second-order valence-corrected chi connectivity index (χ2v) is 3.44. The molecule has 1 unspecified atom stereocenters. The Balaban J connectivity index is 2.70. The minimum Gasteiger partial charge on any atom is -0.290 e. The SMILES string of the molecule is O=C(c1ccccc1)C(Br)OC(F)(F)F. The molecule has 82 valence electrons. The van der Waals surface area contributed by atoms with Gasteiger partial charge in [0.1, 0.15) is 0 Å². The molecule has 0 aliphatic rings. The summed E-state index contributed by atoms with van der Waals surface area (Å²) >= 11 is 2.52. The van der Waals surface area contributed by atoms with Crippen LogP contribution in [0.15, 0.2) is 30.3 Å². The lowest BCUT2D eigenvalue weighted by atomic mass is 10.1. The van der Waals surface area contributed by atoms with E-state index in [4.69, 9.17) is 0 Å². The van der Waals surface area contributed by atoms with Crippen molar-refractivity contribution in [3.05, 3.63) is 35.9 Å². The van der Waals surface area contributed by atoms with E-state index in [2.05, 4.69) is 20.7 Å². The molecule has 0 aliphatic carbocycles. The third-order valence-electron chi connectivity index (χ3n) is 1.50. The number of ketones is 1. The Labute approximate surface area is 92.2 Å². The highest BCUT2D eigenvalue weighted by Crippen LogP contribution is 2.23. The molecule has 1 aromatic carbocycles. The van der Waals surface area contributed by atoms with Gasteiger partial charge in [-0.25, -0.2) is 0 Å². The van der Waals surface area contributed by atoms with Gasteiger partial charge in [-0.05, 0) is 15.9 Å². The predicted octanol–water partition coefficient (Wildman–Crippen LogP) is 3.13. The second-order valence-electron chi connectivity index (χ2n) is 2.61. The van der Waals surface area contributed by atoms with E-state index in [-0.39, 0.29) is 5.56 Å². The van der Waals surface area contributed by atoms with Gasteiger partial charge in [0.15, 0.2) is 5.01 Å². The molecule has 0 N–H and O–H groups in total. The molecule has 0 radical (unpaired) electrons. The fourth-order valence-corrected chi connectivity index (χ4v) is 1.38. The van der Waals surface area contributed by atoms with Crippen molar-refractivity contribution in [2.45, 2.75) is 11.4 Å². The normalized spacial score (nSPS) is 13.6. The number of ether oxygens (including phenoxy) is 1. The minimum atomic E-state index is -4.83. The third kappa shape index (κ3) is 4.01. The molecule has 0 bridgehead atoms. The van der Waals surface area contributed by atoms with Crippen molar-refractivity contribution in [3.63, 3.8) is 0 Å². The zero-order valence-corrected chi connectivity index (χ0v) is 8.88. The summed E-state index contributed by atoms with van der Waals surface area (Å²) in [7, 11) is 0. The molecule has 2 nitrogen and oxygen atoms in total. The Kier molecular flexibility index (Phi) is 3.87. The molecule has 0 heterocycles. The number of halogens is 4. The number of hydrogen-bond acceptors (Lipinski definition) is 2. The maximum absolute atomic E-state index is 11.8. The molecule has 0 aromatic heterocycles. The smallest absolute Gasteiger partial charge is 0.290 e. The lowest BCUT2D eigenvalue weighted by molar-refractivity contribution is -0.323. The lowest BCUT2D eigenvalue weighted by Gasteiger charge is -2.12. The zero-order chi connectivity index (χ0) is 11.5. The molecule has 0 saturated carbocycles. The Hall–Kier alpha value is -0.880. The van der Waals surface area contributed by atoms with Gasteiger partial charge in [-0.15, -0.1) is 13.2 Å². The van der Waals surface area contributed by atoms with E-state index in [1.54, 1.807) is 18.2 Å². The maximum Gasteiger partial charge on any atom is 0.524 e. The average molecular weight is 283 g/mol. The topological polar surface area (TPSA) is 26.3 Å². The van der Waals surface area contributed by atoms with Gasteiger partial charge in [0.25, 0.3) is 0 Å². The monoisotopic (exact) mass is 282 g/mol. The number of benzene rings is 1. The van der Waals surface area contributed by atoms with Crippen LogP contribution in [0.2, 0.25) is 0 Å². The molecular formula is C9H6BrF3O2. The van der Waals surface area contributed by atoms with Gasteiger partial charge in [-0.3, -0.25) is 9.53 Å². The molecule has 0 spiro atoms. The minimum absolute atomic E-state index is 0.156. The van der Waals surface area contributed by atoms with Crippen LogP contribution >= 0.6 is 15.9 Å². The number of alkyl halides is 4. The molecule has 1 rings (SSSR count). The van der Waals surface area contributed by atoms with Crippen LogP contribution in [0.1, 0.15) is 10.4 Å². The number of carbonyl (C=O) groups excluding carboxylic acids is 1. The molecule has 15 heavy (non-hydrogen) atoms. The van der Waals surface area contributed by atoms with Crippen LogP contribution in [-0.2, 0) is 4.74 Å². The van der Waals surface area contributed by atoms with Gasteiger partial charge in [-0.2, -0.15) is 0 Å². The van der Waals surface area contributed by atoms with Crippen molar-refractivity contribution in [2.75, 3.05) is 0 Å². The lowest BCUT2D eigenvalue weighted by Crippen LogP contribution is -2.26. The predicted molar refractivity (Wildman–Crippen MR) is 50.6 cm³/mol. The number of hydrogen-bond donors (Lipinski definition) is 0. The number of Topliss-reactive ketones (excluding diaryl/α,β-unsaturated/α-hetero) is 1. The summed E-state index contributed by atoms with van der Waals surface area (Å²) in [5.74, 6) is -0.770. The van der Waals surface area contributed by atoms with Gasteiger partial charge in [0, 0.05) is 5.56 Å². The van der Waals surface area contributed by atoms with Crippen LogP contribution in [0, 0.1) is 0 Å². The summed E-state index contributed by atoms with van der Waals surface area (Å²) in [5, 5.41) is -1.71. The third-order valence-corrected chi connectivity index (χ3v) is 2.10. The van der Waals surface area contributed by atoms with Crippen molar-refractivity contribution in [1.29, 1.82) is 0 Å². The van der Waals surface area contributed by atoms with E-state index >= 15 is 0 Å². The highest BCUT2D eigenvalue weighted by Gasteiger charge is 2.35. The standard InChI is InChI=1S/C9H6BrF3O2/c10-8(15-9(11,12)13)7(14)6-4-2-1-3-5-6/h1-5,8H. The molecule has 6 heteroatoms. The second kappa shape index (κ2) is 4.76. The van der Waals surface area contributed by atoms with Gasteiger partial charge >= 0.3 is 6.36 Å². The van der Waals surface area contributed by atoms with Crippen molar-refractivity contribution >= 4 is 21.7 Å². The average Bonchev–Trinajstić information content (AvgIpc) is 2.15. The van der Waals surface area contributed by atoms with Crippen LogP contribution in [0.3, 0.4) is 0 Å². The van der Waals surface area contributed by atoms with E-state index in [0.29, 0.717) is 0 Å². The quantitative estimate of drug-likeness (QED) is 0.629. The Morgan fingerprint density at radius 1 is 1.27 bits per heavy atom. The molecule has 1 atom stereocenters. The molecule has 0 amide bonds. The fourth-order valence-electron chi connectivity index (χ4n) is 0.904.